The van der Waals surface area contributed by atoms with E-state index >= 15 is 0 Å². The maximum atomic E-state index is 14.8. The van der Waals surface area contributed by atoms with Crippen molar-refractivity contribution >= 4 is 44.7 Å². The molecule has 4 bridgehead atoms. The third-order valence-corrected chi connectivity index (χ3v) is 14.0. The first-order valence-electron chi connectivity index (χ1n) is 19.8. The normalized spacial score (nSPS) is 28.6. The van der Waals surface area contributed by atoms with Gasteiger partial charge in [0.05, 0.1) is 31.0 Å². The zero-order valence-electron chi connectivity index (χ0n) is 32.3. The minimum atomic E-state index is -3.92. The molecule has 0 radical (unpaired) electrons. The molecule has 7 rings (SSSR count). The summed E-state index contributed by atoms with van der Waals surface area (Å²) in [5, 5.41) is 5.66. The third kappa shape index (κ3) is 8.25. The van der Waals surface area contributed by atoms with E-state index in [-0.39, 0.29) is 37.7 Å². The lowest BCUT2D eigenvalue weighted by Gasteiger charge is -2.35. The van der Waals surface area contributed by atoms with Gasteiger partial charge in [-0.25, -0.2) is 13.2 Å². The van der Waals surface area contributed by atoms with E-state index in [2.05, 4.69) is 26.9 Å². The van der Waals surface area contributed by atoms with Crippen LogP contribution in [-0.2, 0) is 35.6 Å². The Morgan fingerprint density at radius 3 is 2.48 bits per heavy atom. The number of H-pyrrole nitrogens is 1. The summed E-state index contributed by atoms with van der Waals surface area (Å²) in [6, 6.07) is 2.85. The second-order valence-electron chi connectivity index (χ2n) is 17.0. The number of alkyl carbamates (subject to hydrolysis) is 1. The molecule has 1 unspecified atom stereocenters. The lowest BCUT2D eigenvalue weighted by atomic mass is 9.83. The van der Waals surface area contributed by atoms with Crippen LogP contribution in [0, 0.1) is 17.3 Å². The van der Waals surface area contributed by atoms with Crippen molar-refractivity contribution in [1.29, 1.82) is 0 Å². The number of benzene rings is 1. The van der Waals surface area contributed by atoms with Crippen molar-refractivity contribution in [3.05, 3.63) is 46.8 Å². The smallest absolute Gasteiger partial charge is 0.407 e. The van der Waals surface area contributed by atoms with Crippen LogP contribution >= 0.6 is 0 Å². The van der Waals surface area contributed by atoms with E-state index in [0.29, 0.717) is 55.2 Å². The minimum absolute atomic E-state index is 0.0122. The number of sulfonamides is 1. The molecule has 3 saturated carbocycles. The highest BCUT2D eigenvalue weighted by Crippen LogP contribution is 2.46. The number of amides is 4. The van der Waals surface area contributed by atoms with Gasteiger partial charge in [-0.05, 0) is 74.3 Å². The molecule has 3 heterocycles. The number of aryl methyl sites for hydroxylation is 1. The second-order valence-corrected chi connectivity index (χ2v) is 18.9. The monoisotopic (exact) mass is 795 g/mol. The number of carbonyl (C=O) groups is 4. The summed E-state index contributed by atoms with van der Waals surface area (Å²) in [7, 11) is -2.36. The Labute approximate surface area is 326 Å². The fourth-order valence-electron chi connectivity index (χ4n) is 8.64. The Hall–Kier alpha value is -4.60. The highest BCUT2D eigenvalue weighted by Gasteiger charge is 2.62. The van der Waals surface area contributed by atoms with Crippen LogP contribution in [-0.4, -0.2) is 91.4 Å². The zero-order chi connectivity index (χ0) is 40.0. The Bertz CT molecular complexity index is 2070. The predicted molar refractivity (Wildman–Crippen MR) is 206 cm³/mol. The summed E-state index contributed by atoms with van der Waals surface area (Å²) in [5.41, 5.74) is -0.998. The van der Waals surface area contributed by atoms with Gasteiger partial charge in [-0.2, -0.15) is 0 Å². The second kappa shape index (κ2) is 15.4. The molecule has 0 spiro atoms. The van der Waals surface area contributed by atoms with E-state index in [1.165, 1.54) is 17.0 Å². The van der Waals surface area contributed by atoms with Crippen molar-refractivity contribution in [2.45, 2.75) is 120 Å². The minimum Gasteiger partial charge on any atom is -0.496 e. The summed E-state index contributed by atoms with van der Waals surface area (Å²) in [4.78, 5) is 73.5. The van der Waals surface area contributed by atoms with Gasteiger partial charge in [-0.3, -0.25) is 23.9 Å². The molecule has 4 amide bonds. The van der Waals surface area contributed by atoms with E-state index in [1.54, 1.807) is 13.2 Å². The number of rotatable bonds is 8. The highest BCUT2D eigenvalue weighted by atomic mass is 32.2. The first-order chi connectivity index (χ1) is 26.6. The number of hydrogen-bond acceptors (Lipinski definition) is 10. The maximum absolute atomic E-state index is 14.8. The van der Waals surface area contributed by atoms with E-state index in [1.807, 2.05) is 19.9 Å². The molecule has 16 heteroatoms. The van der Waals surface area contributed by atoms with Crippen LogP contribution in [0.15, 0.2) is 35.6 Å². The van der Waals surface area contributed by atoms with Gasteiger partial charge in [0.25, 0.3) is 11.5 Å². The number of carbonyl (C=O) groups excluding carboxylic acids is 4. The van der Waals surface area contributed by atoms with Crippen molar-refractivity contribution in [1.82, 2.24) is 25.2 Å². The summed E-state index contributed by atoms with van der Waals surface area (Å²) < 4.78 is 45.7. The number of cyclic esters (lactones) is 1. The number of pyridine rings is 1. The molecule has 5 aliphatic rings. The Morgan fingerprint density at radius 2 is 1.80 bits per heavy atom. The van der Waals surface area contributed by atoms with Crippen molar-refractivity contribution in [2.24, 2.45) is 17.3 Å². The summed E-state index contributed by atoms with van der Waals surface area (Å²) >= 11 is 0. The molecule has 56 heavy (non-hydrogen) atoms. The lowest BCUT2D eigenvalue weighted by Crippen LogP contribution is -2.59. The number of aromatic amines is 1. The van der Waals surface area contributed by atoms with Gasteiger partial charge in [0.2, 0.25) is 21.8 Å². The standard InChI is InChI=1S/C40H53N5O10S/c1-5-25-20-40(25,37(49)44-56(51,52)27-13-14-27)43-35(47)30-17-26-21-45(30)36(48)34(23-10-7-6-8-11-23)42-38(50)54-22-39(2,3)15-9-12-24-16-28-29(18-31(24)53-4)41-33(46)19-32(28)55-26/h5,16,18-19,23,25-27,30,34H,1,6-15,17,20-22H2,2-4H3,(H,41,46)(H,42,50)(H,43,47)(H,44,49)/t25-,26-,30+,34+,40?/m1/s1. The zero-order valence-corrected chi connectivity index (χ0v) is 33.1. The third-order valence-electron chi connectivity index (χ3n) is 12.2. The topological polar surface area (TPSA) is 202 Å². The molecule has 304 valence electrons. The Morgan fingerprint density at radius 1 is 1.05 bits per heavy atom. The Kier molecular flexibility index (Phi) is 10.9. The van der Waals surface area contributed by atoms with Gasteiger partial charge in [0.15, 0.2) is 0 Å². The average molecular weight is 796 g/mol. The van der Waals surface area contributed by atoms with Crippen LogP contribution in [0.25, 0.3) is 10.9 Å². The van der Waals surface area contributed by atoms with Gasteiger partial charge in [0, 0.05) is 29.9 Å². The number of fused-ring (bicyclic) bond motifs is 3. The van der Waals surface area contributed by atoms with Gasteiger partial charge >= 0.3 is 6.09 Å². The van der Waals surface area contributed by atoms with Gasteiger partial charge in [-0.15, -0.1) is 6.58 Å². The van der Waals surface area contributed by atoms with Crippen molar-refractivity contribution in [2.75, 3.05) is 20.3 Å². The molecular weight excluding hydrogens is 743 g/mol. The first-order valence-corrected chi connectivity index (χ1v) is 21.3. The predicted octanol–water partition coefficient (Wildman–Crippen LogP) is 3.59. The number of nitrogens with zero attached hydrogens (tertiary/aromatic N) is 1. The van der Waals surface area contributed by atoms with Crippen molar-refractivity contribution < 1.29 is 41.8 Å². The number of methoxy groups -OCH3 is 1. The molecule has 4 N–H and O–H groups in total. The lowest BCUT2D eigenvalue weighted by molar-refractivity contribution is -0.142. The number of hydrogen-bond donors (Lipinski definition) is 4. The van der Waals surface area contributed by atoms with Gasteiger partial charge in [0.1, 0.15) is 35.2 Å². The van der Waals surface area contributed by atoms with Crippen LogP contribution in [0.2, 0.25) is 0 Å². The fourth-order valence-corrected chi connectivity index (χ4v) is 10.0. The van der Waals surface area contributed by atoms with Crippen molar-refractivity contribution in [3.8, 4) is 11.5 Å². The highest BCUT2D eigenvalue weighted by molar-refractivity contribution is 7.91. The van der Waals surface area contributed by atoms with E-state index in [0.717, 1.165) is 31.2 Å². The van der Waals surface area contributed by atoms with Crippen LogP contribution in [0.4, 0.5) is 4.79 Å². The molecule has 1 aromatic heterocycles. The van der Waals surface area contributed by atoms with Crippen LogP contribution in [0.5, 0.6) is 11.5 Å². The van der Waals surface area contributed by atoms with E-state index in [9.17, 15) is 32.4 Å². The van der Waals surface area contributed by atoms with Crippen LogP contribution in [0.3, 0.4) is 0 Å². The van der Waals surface area contributed by atoms with Crippen LogP contribution < -0.4 is 30.4 Å². The van der Waals surface area contributed by atoms with Crippen LogP contribution in [0.1, 0.15) is 90.0 Å². The molecule has 2 aliphatic heterocycles. The fraction of sp³-hybridized carbons (Fsp3) is 0.625. The molecule has 5 atom stereocenters. The molecule has 3 aliphatic carbocycles. The van der Waals surface area contributed by atoms with Gasteiger partial charge < -0.3 is 34.7 Å². The molecular formula is C40H53N5O10S. The van der Waals surface area contributed by atoms with Gasteiger partial charge in [-0.1, -0.05) is 39.2 Å². The SMILES string of the molecule is C=C[C@@H]1CC1(NC(=O)[C@@H]1C[C@@H]2CN1C(=O)[C@H](C1CCCCC1)NC(=O)OCC(C)(C)CCCc1cc3c(cc(=O)[nH]c3cc1OC)O2)C(=O)NS(=O)(=O)C1CC1. The first kappa shape index (κ1) is 39.6. The summed E-state index contributed by atoms with van der Waals surface area (Å²) in [6.45, 7) is 7.85. The summed E-state index contributed by atoms with van der Waals surface area (Å²) in [5.74, 6) is -1.90. The molecule has 2 aromatic rings. The molecule has 1 saturated heterocycles. The number of nitrogens with one attached hydrogen (secondary N) is 4. The van der Waals surface area contributed by atoms with E-state index < -0.39 is 79.7 Å². The summed E-state index contributed by atoms with van der Waals surface area (Å²) in [6.07, 6.45) is 7.25. The van der Waals surface area contributed by atoms with Crippen molar-refractivity contribution in [3.63, 3.8) is 0 Å². The quantitative estimate of drug-likeness (QED) is 0.286. The number of ether oxygens (including phenoxy) is 3. The molecule has 15 nitrogen and oxygen atoms in total. The molecule has 4 fully saturated rings. The average Bonchev–Trinajstić information content (AvgIpc) is 4.09. The number of aromatic nitrogens is 1. The largest absolute Gasteiger partial charge is 0.496 e. The molecule has 1 aromatic carbocycles. The van der Waals surface area contributed by atoms with E-state index in [4.69, 9.17) is 14.2 Å². The Balaban J connectivity index is 1.25. The maximum Gasteiger partial charge on any atom is 0.407 e.